The maximum atomic E-state index is 4.61. The molecule has 120 valence electrons. The van der Waals surface area contributed by atoms with E-state index in [-0.39, 0.29) is 0 Å². The van der Waals surface area contributed by atoms with Gasteiger partial charge in [-0.25, -0.2) is 4.98 Å². The van der Waals surface area contributed by atoms with Gasteiger partial charge in [-0.05, 0) is 42.4 Å². The van der Waals surface area contributed by atoms with E-state index in [9.17, 15) is 0 Å². The first kappa shape index (κ1) is 18.0. The molecule has 0 radical (unpaired) electrons. The molecular weight excluding hydrogens is 258 g/mol. The number of pyridine rings is 1. The van der Waals surface area contributed by atoms with E-state index >= 15 is 0 Å². The van der Waals surface area contributed by atoms with Crippen LogP contribution in [-0.4, -0.2) is 17.6 Å². The number of aromatic nitrogens is 1. The Bertz CT molecular complexity index is 416. The van der Waals surface area contributed by atoms with Crippen LogP contribution in [-0.2, 0) is 6.54 Å². The third-order valence-electron chi connectivity index (χ3n) is 3.96. The summed E-state index contributed by atoms with van der Waals surface area (Å²) in [5, 5.41) is 7.00. The monoisotopic (exact) mass is 291 g/mol. The summed E-state index contributed by atoms with van der Waals surface area (Å²) in [5.74, 6) is 3.04. The lowest BCUT2D eigenvalue weighted by molar-refractivity contribution is 0.304. The summed E-state index contributed by atoms with van der Waals surface area (Å²) < 4.78 is 0. The van der Waals surface area contributed by atoms with Crippen LogP contribution in [0.15, 0.2) is 12.1 Å². The van der Waals surface area contributed by atoms with Gasteiger partial charge in [-0.1, -0.05) is 41.5 Å². The molecule has 0 saturated heterocycles. The van der Waals surface area contributed by atoms with Crippen molar-refractivity contribution in [1.82, 2.24) is 10.3 Å². The number of hydrogen-bond acceptors (Lipinski definition) is 3. The third-order valence-corrected chi connectivity index (χ3v) is 3.96. The van der Waals surface area contributed by atoms with E-state index in [2.05, 4.69) is 76.2 Å². The molecule has 0 aromatic carbocycles. The molecule has 0 unspecified atom stereocenters. The standard InChI is InChI=1S/C18H33N3/c1-12(2)17(13(3)4)11-20-18-9-16(8-15(7)21-18)10-19-14(5)6/h8-9,12-14,17,19H,10-11H2,1-7H3,(H,20,21). The third kappa shape index (κ3) is 6.47. The molecule has 0 atom stereocenters. The van der Waals surface area contributed by atoms with Gasteiger partial charge in [0.25, 0.3) is 0 Å². The second kappa shape index (κ2) is 8.38. The van der Waals surface area contributed by atoms with E-state index in [1.165, 1.54) is 5.56 Å². The first-order chi connectivity index (χ1) is 9.79. The van der Waals surface area contributed by atoms with Crippen LogP contribution in [0.2, 0.25) is 0 Å². The van der Waals surface area contributed by atoms with E-state index < -0.39 is 0 Å². The molecule has 21 heavy (non-hydrogen) atoms. The highest BCUT2D eigenvalue weighted by atomic mass is 15.0. The van der Waals surface area contributed by atoms with Crippen LogP contribution in [0.25, 0.3) is 0 Å². The molecular formula is C18H33N3. The number of nitrogens with one attached hydrogen (secondary N) is 2. The van der Waals surface area contributed by atoms with Crippen molar-refractivity contribution < 1.29 is 0 Å². The Morgan fingerprint density at radius 2 is 1.62 bits per heavy atom. The molecule has 0 aliphatic carbocycles. The quantitative estimate of drug-likeness (QED) is 0.752. The molecule has 0 bridgehead atoms. The molecule has 0 saturated carbocycles. The van der Waals surface area contributed by atoms with Crippen LogP contribution in [0.1, 0.15) is 52.8 Å². The first-order valence-electron chi connectivity index (χ1n) is 8.24. The number of rotatable bonds is 8. The molecule has 0 fully saturated rings. The van der Waals surface area contributed by atoms with Crippen molar-refractivity contribution >= 4 is 5.82 Å². The summed E-state index contributed by atoms with van der Waals surface area (Å²) in [7, 11) is 0. The van der Waals surface area contributed by atoms with Crippen molar-refractivity contribution in [3.8, 4) is 0 Å². The van der Waals surface area contributed by atoms with E-state index in [0.29, 0.717) is 23.8 Å². The Kier molecular flexibility index (Phi) is 7.16. The van der Waals surface area contributed by atoms with E-state index in [4.69, 9.17) is 0 Å². The van der Waals surface area contributed by atoms with Gasteiger partial charge in [0, 0.05) is 24.8 Å². The summed E-state index contributed by atoms with van der Waals surface area (Å²) in [6.45, 7) is 17.5. The van der Waals surface area contributed by atoms with Gasteiger partial charge in [-0.15, -0.1) is 0 Å². The molecule has 0 aliphatic heterocycles. The van der Waals surface area contributed by atoms with Crippen molar-refractivity contribution in [3.05, 3.63) is 23.4 Å². The zero-order valence-corrected chi connectivity index (χ0v) is 14.8. The predicted molar refractivity (Wildman–Crippen MR) is 92.6 cm³/mol. The predicted octanol–water partition coefficient (Wildman–Crippen LogP) is 4.23. The number of anilines is 1. The average Bonchev–Trinajstić information content (AvgIpc) is 2.35. The molecule has 0 spiro atoms. The smallest absolute Gasteiger partial charge is 0.126 e. The molecule has 1 rings (SSSR count). The maximum Gasteiger partial charge on any atom is 0.126 e. The van der Waals surface area contributed by atoms with E-state index in [1.807, 2.05) is 0 Å². The lowest BCUT2D eigenvalue weighted by atomic mass is 9.85. The fourth-order valence-electron chi connectivity index (χ4n) is 2.72. The topological polar surface area (TPSA) is 37.0 Å². The van der Waals surface area contributed by atoms with Gasteiger partial charge in [0.2, 0.25) is 0 Å². The van der Waals surface area contributed by atoms with Crippen LogP contribution >= 0.6 is 0 Å². The van der Waals surface area contributed by atoms with Crippen molar-refractivity contribution in [3.63, 3.8) is 0 Å². The number of nitrogens with zero attached hydrogens (tertiary/aromatic N) is 1. The largest absolute Gasteiger partial charge is 0.370 e. The van der Waals surface area contributed by atoms with Gasteiger partial charge in [-0.3, -0.25) is 0 Å². The molecule has 2 N–H and O–H groups in total. The number of aryl methyl sites for hydroxylation is 1. The summed E-state index contributed by atoms with van der Waals surface area (Å²) in [4.78, 5) is 4.61. The second-order valence-electron chi connectivity index (χ2n) is 7.07. The van der Waals surface area contributed by atoms with Crippen LogP contribution in [0.3, 0.4) is 0 Å². The molecule has 0 amide bonds. The molecule has 3 nitrogen and oxygen atoms in total. The summed E-state index contributed by atoms with van der Waals surface area (Å²) in [6, 6.07) is 4.82. The van der Waals surface area contributed by atoms with Gasteiger partial charge in [0.15, 0.2) is 0 Å². The molecule has 0 aliphatic rings. The van der Waals surface area contributed by atoms with E-state index in [1.54, 1.807) is 0 Å². The molecule has 1 aromatic rings. The lowest BCUT2D eigenvalue weighted by Gasteiger charge is -2.25. The normalized spacial score (nSPS) is 12.0. The summed E-state index contributed by atoms with van der Waals surface area (Å²) in [6.07, 6.45) is 0. The summed E-state index contributed by atoms with van der Waals surface area (Å²) in [5.41, 5.74) is 2.37. The van der Waals surface area contributed by atoms with Crippen LogP contribution < -0.4 is 10.6 Å². The number of hydrogen-bond donors (Lipinski definition) is 2. The zero-order chi connectivity index (χ0) is 16.0. The van der Waals surface area contributed by atoms with Gasteiger partial charge in [0.05, 0.1) is 0 Å². The highest BCUT2D eigenvalue weighted by molar-refractivity contribution is 5.39. The highest BCUT2D eigenvalue weighted by Crippen LogP contribution is 2.21. The Morgan fingerprint density at radius 3 is 2.14 bits per heavy atom. The summed E-state index contributed by atoms with van der Waals surface area (Å²) >= 11 is 0. The Morgan fingerprint density at radius 1 is 1.00 bits per heavy atom. The van der Waals surface area contributed by atoms with Gasteiger partial charge < -0.3 is 10.6 Å². The van der Waals surface area contributed by atoms with Crippen LogP contribution in [0, 0.1) is 24.7 Å². The van der Waals surface area contributed by atoms with Gasteiger partial charge in [-0.2, -0.15) is 0 Å². The van der Waals surface area contributed by atoms with Crippen LogP contribution in [0.5, 0.6) is 0 Å². The van der Waals surface area contributed by atoms with Gasteiger partial charge >= 0.3 is 0 Å². The van der Waals surface area contributed by atoms with Gasteiger partial charge in [0.1, 0.15) is 5.82 Å². The minimum Gasteiger partial charge on any atom is -0.370 e. The Balaban J connectivity index is 2.70. The second-order valence-corrected chi connectivity index (χ2v) is 7.07. The van der Waals surface area contributed by atoms with Crippen molar-refractivity contribution in [2.45, 2.75) is 61.1 Å². The molecule has 1 heterocycles. The van der Waals surface area contributed by atoms with Crippen LogP contribution in [0.4, 0.5) is 5.82 Å². The fourth-order valence-corrected chi connectivity index (χ4v) is 2.72. The molecule has 1 aromatic heterocycles. The van der Waals surface area contributed by atoms with Crippen molar-refractivity contribution in [2.24, 2.45) is 17.8 Å². The minimum atomic E-state index is 0.501. The minimum absolute atomic E-state index is 0.501. The average molecular weight is 291 g/mol. The first-order valence-corrected chi connectivity index (χ1v) is 8.24. The maximum absolute atomic E-state index is 4.61. The van der Waals surface area contributed by atoms with E-state index in [0.717, 1.165) is 24.6 Å². The Hall–Kier alpha value is -1.09. The molecule has 3 heteroatoms. The Labute approximate surface area is 130 Å². The lowest BCUT2D eigenvalue weighted by Crippen LogP contribution is -2.25. The zero-order valence-electron chi connectivity index (χ0n) is 14.8. The SMILES string of the molecule is Cc1cc(CNC(C)C)cc(NCC(C(C)C)C(C)C)n1. The fraction of sp³-hybridized carbons (Fsp3) is 0.722. The van der Waals surface area contributed by atoms with Crippen molar-refractivity contribution in [1.29, 1.82) is 0 Å². The van der Waals surface area contributed by atoms with Crippen molar-refractivity contribution in [2.75, 3.05) is 11.9 Å². The highest BCUT2D eigenvalue weighted by Gasteiger charge is 2.17.